The molecule has 2 rings (SSSR count). The minimum absolute atomic E-state index is 0.500. The highest BCUT2D eigenvalue weighted by Gasteiger charge is 2.49. The average molecular weight is 187 g/mol. The summed E-state index contributed by atoms with van der Waals surface area (Å²) in [5.74, 6) is 2.15. The van der Waals surface area contributed by atoms with Crippen LogP contribution in [0.1, 0.15) is 19.3 Å². The zero-order chi connectivity index (χ0) is 8.39. The molecule has 0 aromatic rings. The Morgan fingerprint density at radius 1 is 1.50 bits per heavy atom. The Kier molecular flexibility index (Phi) is 2.72. The molecule has 2 aliphatic carbocycles. The van der Waals surface area contributed by atoms with Crippen molar-refractivity contribution < 1.29 is 4.74 Å². The Hall–Kier alpha value is -0.0100. The van der Waals surface area contributed by atoms with Crippen LogP contribution in [0.4, 0.5) is 0 Å². The molecule has 0 aliphatic heterocycles. The third-order valence-electron chi connectivity index (χ3n) is 2.81. The number of rotatable bonds is 3. The molecule has 3 unspecified atom stereocenters. The topological polar surface area (TPSA) is 9.23 Å². The highest BCUT2D eigenvalue weighted by molar-refractivity contribution is 6.17. The summed E-state index contributed by atoms with van der Waals surface area (Å²) in [6.45, 7) is 0.715. The van der Waals surface area contributed by atoms with Crippen LogP contribution < -0.4 is 0 Å². The molecular weight excluding hydrogens is 172 g/mol. The van der Waals surface area contributed by atoms with Gasteiger partial charge in [-0.15, -0.1) is 11.6 Å². The molecule has 3 atom stereocenters. The van der Waals surface area contributed by atoms with Crippen molar-refractivity contribution >= 4 is 11.6 Å². The largest absolute Gasteiger partial charge is 0.376 e. The molecule has 0 aromatic carbocycles. The lowest BCUT2D eigenvalue weighted by Crippen LogP contribution is -2.01. The third-order valence-corrected chi connectivity index (χ3v) is 2.96. The lowest BCUT2D eigenvalue weighted by Gasteiger charge is -2.00. The van der Waals surface area contributed by atoms with E-state index in [-0.39, 0.29) is 0 Å². The number of hydrogen-bond donors (Lipinski definition) is 0. The minimum Gasteiger partial charge on any atom is -0.376 e. The average Bonchev–Trinajstić information content (AvgIpc) is 2.75. The number of ether oxygens (including phenoxy) is 1. The van der Waals surface area contributed by atoms with Gasteiger partial charge in [0.2, 0.25) is 0 Å². The second-order valence-corrected chi connectivity index (χ2v) is 4.00. The Balaban J connectivity index is 1.81. The number of hydrogen-bond acceptors (Lipinski definition) is 1. The van der Waals surface area contributed by atoms with Crippen LogP contribution in [-0.2, 0) is 4.74 Å². The first-order valence-electron chi connectivity index (χ1n) is 4.77. The zero-order valence-electron chi connectivity index (χ0n) is 7.21. The van der Waals surface area contributed by atoms with Crippen LogP contribution in [-0.4, -0.2) is 18.6 Å². The van der Waals surface area contributed by atoms with E-state index in [9.17, 15) is 0 Å². The molecule has 0 N–H and O–H groups in total. The lowest BCUT2D eigenvalue weighted by atomic mass is 10.2. The van der Waals surface area contributed by atoms with E-state index in [1.54, 1.807) is 0 Å². The van der Waals surface area contributed by atoms with Crippen molar-refractivity contribution in [3.05, 3.63) is 12.2 Å². The van der Waals surface area contributed by atoms with Gasteiger partial charge in [0.15, 0.2) is 0 Å². The predicted octanol–water partition coefficient (Wildman–Crippen LogP) is 2.60. The van der Waals surface area contributed by atoms with E-state index in [1.165, 1.54) is 19.3 Å². The van der Waals surface area contributed by atoms with Crippen LogP contribution in [0.2, 0.25) is 0 Å². The molecule has 1 fully saturated rings. The van der Waals surface area contributed by atoms with Gasteiger partial charge in [0.1, 0.15) is 0 Å². The normalized spacial score (nSPS) is 38.9. The van der Waals surface area contributed by atoms with Crippen LogP contribution in [0.5, 0.6) is 0 Å². The number of fused-ring (bicyclic) bond motifs is 1. The summed E-state index contributed by atoms with van der Waals surface area (Å²) in [6, 6.07) is 0. The zero-order valence-corrected chi connectivity index (χ0v) is 7.96. The molecule has 0 bridgehead atoms. The van der Waals surface area contributed by atoms with E-state index in [4.69, 9.17) is 16.3 Å². The van der Waals surface area contributed by atoms with Crippen molar-refractivity contribution in [2.75, 3.05) is 12.5 Å². The quantitative estimate of drug-likeness (QED) is 0.487. The molecule has 2 heteroatoms. The first kappa shape index (κ1) is 8.58. The van der Waals surface area contributed by atoms with Crippen LogP contribution in [0.15, 0.2) is 12.2 Å². The smallest absolute Gasteiger partial charge is 0.0676 e. The maximum Gasteiger partial charge on any atom is 0.0676 e. The van der Waals surface area contributed by atoms with Gasteiger partial charge in [-0.1, -0.05) is 12.2 Å². The summed E-state index contributed by atoms with van der Waals surface area (Å²) in [5, 5.41) is 0. The van der Waals surface area contributed by atoms with Gasteiger partial charge >= 0.3 is 0 Å². The third kappa shape index (κ3) is 1.67. The van der Waals surface area contributed by atoms with E-state index in [2.05, 4.69) is 12.2 Å². The van der Waals surface area contributed by atoms with E-state index in [0.29, 0.717) is 18.6 Å². The summed E-state index contributed by atoms with van der Waals surface area (Å²) in [5.41, 5.74) is 0. The highest BCUT2D eigenvalue weighted by Crippen LogP contribution is 2.47. The van der Waals surface area contributed by atoms with Gasteiger partial charge in [-0.05, 0) is 25.2 Å². The van der Waals surface area contributed by atoms with Gasteiger partial charge in [0.05, 0.1) is 12.7 Å². The Bertz CT molecular complexity index is 179. The first-order chi connectivity index (χ1) is 5.93. The second-order valence-electron chi connectivity index (χ2n) is 3.62. The van der Waals surface area contributed by atoms with Gasteiger partial charge in [0.25, 0.3) is 0 Å². The van der Waals surface area contributed by atoms with Crippen molar-refractivity contribution in [2.24, 2.45) is 11.8 Å². The van der Waals surface area contributed by atoms with Gasteiger partial charge in [-0.2, -0.15) is 0 Å². The van der Waals surface area contributed by atoms with Crippen molar-refractivity contribution in [3.63, 3.8) is 0 Å². The fourth-order valence-electron chi connectivity index (χ4n) is 2.12. The van der Waals surface area contributed by atoms with Crippen LogP contribution >= 0.6 is 11.6 Å². The van der Waals surface area contributed by atoms with Crippen molar-refractivity contribution in [1.29, 1.82) is 0 Å². The molecular formula is C10H15ClO. The Morgan fingerprint density at radius 3 is 3.25 bits per heavy atom. The summed E-state index contributed by atoms with van der Waals surface area (Å²) in [7, 11) is 0. The van der Waals surface area contributed by atoms with Crippen molar-refractivity contribution in [1.82, 2.24) is 0 Å². The molecule has 0 aromatic heterocycles. The van der Waals surface area contributed by atoms with Gasteiger partial charge in [0, 0.05) is 11.8 Å². The fourth-order valence-corrected chi connectivity index (χ4v) is 2.21. The van der Waals surface area contributed by atoms with E-state index in [0.717, 1.165) is 11.8 Å². The Morgan fingerprint density at radius 2 is 2.42 bits per heavy atom. The van der Waals surface area contributed by atoms with Crippen LogP contribution in [0.3, 0.4) is 0 Å². The fraction of sp³-hybridized carbons (Fsp3) is 0.800. The molecule has 0 heterocycles. The first-order valence-corrected chi connectivity index (χ1v) is 5.31. The van der Waals surface area contributed by atoms with E-state index < -0.39 is 0 Å². The maximum atomic E-state index is 5.62. The molecule has 1 nitrogen and oxygen atoms in total. The van der Waals surface area contributed by atoms with Gasteiger partial charge in [-0.3, -0.25) is 0 Å². The van der Waals surface area contributed by atoms with Crippen LogP contribution in [0.25, 0.3) is 0 Å². The summed E-state index contributed by atoms with van der Waals surface area (Å²) < 4.78 is 5.62. The van der Waals surface area contributed by atoms with Gasteiger partial charge in [-0.25, -0.2) is 0 Å². The SMILES string of the molecule is ClCCOC1C2C=CCCCC21. The summed E-state index contributed by atoms with van der Waals surface area (Å²) in [6.07, 6.45) is 9.06. The maximum absolute atomic E-state index is 5.62. The van der Waals surface area contributed by atoms with E-state index >= 15 is 0 Å². The molecule has 12 heavy (non-hydrogen) atoms. The molecule has 0 radical (unpaired) electrons. The van der Waals surface area contributed by atoms with Crippen molar-refractivity contribution in [2.45, 2.75) is 25.4 Å². The van der Waals surface area contributed by atoms with Gasteiger partial charge < -0.3 is 4.74 Å². The molecule has 0 saturated heterocycles. The monoisotopic (exact) mass is 186 g/mol. The molecule has 1 saturated carbocycles. The standard InChI is InChI=1S/C10H15ClO/c11-6-7-12-10-8-4-2-1-3-5-9(8)10/h2,4,8-10H,1,3,5-7H2. The van der Waals surface area contributed by atoms with Crippen LogP contribution in [0, 0.1) is 11.8 Å². The molecule has 2 aliphatic rings. The lowest BCUT2D eigenvalue weighted by molar-refractivity contribution is 0.116. The second kappa shape index (κ2) is 3.80. The van der Waals surface area contributed by atoms with Crippen molar-refractivity contribution in [3.8, 4) is 0 Å². The predicted molar refractivity (Wildman–Crippen MR) is 50.4 cm³/mol. The molecule has 68 valence electrons. The molecule has 0 spiro atoms. The Labute approximate surface area is 78.7 Å². The summed E-state index contributed by atoms with van der Waals surface area (Å²) in [4.78, 5) is 0. The molecule has 0 amide bonds. The highest BCUT2D eigenvalue weighted by atomic mass is 35.5. The number of allylic oxidation sites excluding steroid dienone is 1. The number of alkyl halides is 1. The minimum atomic E-state index is 0.500. The number of halogens is 1. The summed E-state index contributed by atoms with van der Waals surface area (Å²) >= 11 is 5.56. The van der Waals surface area contributed by atoms with E-state index in [1.807, 2.05) is 0 Å².